The van der Waals surface area contributed by atoms with Crippen molar-refractivity contribution >= 4 is 5.78 Å². The number of morpholine rings is 1. The fourth-order valence-electron chi connectivity index (χ4n) is 3.13. The Labute approximate surface area is 121 Å². The Hall–Kier alpha value is -1.19. The monoisotopic (exact) mass is 275 g/mol. The van der Waals surface area contributed by atoms with Crippen LogP contribution in [0.5, 0.6) is 0 Å². The SMILES string of the molecule is CC1(C)CN(CCC(=O)c2ccccc2)CC(C)(C)O1. The lowest BCUT2D eigenvalue weighted by atomic mass is 9.98. The van der Waals surface area contributed by atoms with E-state index in [4.69, 9.17) is 4.74 Å². The number of hydrogen-bond donors (Lipinski definition) is 0. The molecule has 0 bridgehead atoms. The topological polar surface area (TPSA) is 29.5 Å². The largest absolute Gasteiger partial charge is 0.367 e. The van der Waals surface area contributed by atoms with Crippen LogP contribution in [0.4, 0.5) is 0 Å². The smallest absolute Gasteiger partial charge is 0.164 e. The number of nitrogens with zero attached hydrogens (tertiary/aromatic N) is 1. The van der Waals surface area contributed by atoms with Crippen LogP contribution in [-0.4, -0.2) is 41.5 Å². The first kappa shape index (κ1) is 15.2. The molecule has 3 heteroatoms. The summed E-state index contributed by atoms with van der Waals surface area (Å²) in [7, 11) is 0. The van der Waals surface area contributed by atoms with Gasteiger partial charge in [-0.3, -0.25) is 9.69 Å². The first-order valence-corrected chi connectivity index (χ1v) is 7.28. The third kappa shape index (κ3) is 4.15. The zero-order valence-electron chi connectivity index (χ0n) is 13.0. The molecule has 1 aliphatic heterocycles. The van der Waals surface area contributed by atoms with Gasteiger partial charge in [-0.15, -0.1) is 0 Å². The predicted molar refractivity (Wildman–Crippen MR) is 81.1 cm³/mol. The third-order valence-electron chi connectivity index (χ3n) is 3.51. The lowest BCUT2D eigenvalue weighted by Crippen LogP contribution is -2.57. The molecule has 1 fully saturated rings. The molecule has 2 rings (SSSR count). The lowest BCUT2D eigenvalue weighted by Gasteiger charge is -2.47. The summed E-state index contributed by atoms with van der Waals surface area (Å²) >= 11 is 0. The molecule has 0 radical (unpaired) electrons. The number of carbonyl (C=O) groups is 1. The van der Waals surface area contributed by atoms with Gasteiger partial charge in [-0.2, -0.15) is 0 Å². The summed E-state index contributed by atoms with van der Waals surface area (Å²) in [6.07, 6.45) is 0.566. The van der Waals surface area contributed by atoms with Crippen LogP contribution >= 0.6 is 0 Å². The van der Waals surface area contributed by atoms with Crippen LogP contribution in [-0.2, 0) is 4.74 Å². The summed E-state index contributed by atoms with van der Waals surface area (Å²) in [5, 5.41) is 0. The van der Waals surface area contributed by atoms with Gasteiger partial charge >= 0.3 is 0 Å². The molecule has 1 aliphatic rings. The fraction of sp³-hybridized carbons (Fsp3) is 0.588. The van der Waals surface area contributed by atoms with Crippen molar-refractivity contribution < 1.29 is 9.53 Å². The molecule has 0 aromatic heterocycles. The van der Waals surface area contributed by atoms with E-state index in [2.05, 4.69) is 32.6 Å². The van der Waals surface area contributed by atoms with E-state index in [1.54, 1.807) is 0 Å². The molecule has 1 heterocycles. The standard InChI is InChI=1S/C17H25NO2/c1-16(2)12-18(13-17(3,4)20-16)11-10-15(19)14-8-6-5-7-9-14/h5-9H,10-13H2,1-4H3. The van der Waals surface area contributed by atoms with Gasteiger partial charge in [0.2, 0.25) is 0 Å². The highest BCUT2D eigenvalue weighted by Gasteiger charge is 2.37. The van der Waals surface area contributed by atoms with E-state index < -0.39 is 0 Å². The van der Waals surface area contributed by atoms with Crippen LogP contribution in [0.3, 0.4) is 0 Å². The molecule has 0 atom stereocenters. The van der Waals surface area contributed by atoms with Gasteiger partial charge in [-0.25, -0.2) is 0 Å². The summed E-state index contributed by atoms with van der Waals surface area (Å²) in [6, 6.07) is 9.53. The highest BCUT2D eigenvalue weighted by Crippen LogP contribution is 2.28. The Morgan fingerprint density at radius 1 is 1.10 bits per heavy atom. The first-order chi connectivity index (χ1) is 9.27. The van der Waals surface area contributed by atoms with Crippen LogP contribution in [0.1, 0.15) is 44.5 Å². The van der Waals surface area contributed by atoms with E-state index in [1.165, 1.54) is 0 Å². The van der Waals surface area contributed by atoms with Crippen molar-refractivity contribution in [3.05, 3.63) is 35.9 Å². The maximum Gasteiger partial charge on any atom is 0.164 e. The molecular weight excluding hydrogens is 250 g/mol. The summed E-state index contributed by atoms with van der Waals surface area (Å²) in [5.74, 6) is 0.215. The van der Waals surface area contributed by atoms with E-state index in [9.17, 15) is 4.79 Å². The minimum Gasteiger partial charge on any atom is -0.367 e. The van der Waals surface area contributed by atoms with E-state index in [0.717, 1.165) is 25.2 Å². The van der Waals surface area contributed by atoms with Crippen molar-refractivity contribution in [2.75, 3.05) is 19.6 Å². The lowest BCUT2D eigenvalue weighted by molar-refractivity contribution is -0.180. The molecule has 1 aromatic rings. The molecule has 0 amide bonds. The molecule has 110 valence electrons. The Balaban J connectivity index is 1.92. The Morgan fingerprint density at radius 3 is 2.20 bits per heavy atom. The fourth-order valence-corrected chi connectivity index (χ4v) is 3.13. The third-order valence-corrected chi connectivity index (χ3v) is 3.51. The quantitative estimate of drug-likeness (QED) is 0.791. The van der Waals surface area contributed by atoms with Crippen molar-refractivity contribution in [3.63, 3.8) is 0 Å². The average molecular weight is 275 g/mol. The highest BCUT2D eigenvalue weighted by atomic mass is 16.5. The molecule has 3 nitrogen and oxygen atoms in total. The zero-order chi connectivity index (χ0) is 14.8. The van der Waals surface area contributed by atoms with E-state index >= 15 is 0 Å². The van der Waals surface area contributed by atoms with Gasteiger partial charge < -0.3 is 4.74 Å². The predicted octanol–water partition coefficient (Wildman–Crippen LogP) is 3.15. The molecule has 0 saturated carbocycles. The second-order valence-corrected chi connectivity index (χ2v) is 6.87. The van der Waals surface area contributed by atoms with Crippen LogP contribution in [0.25, 0.3) is 0 Å². The number of rotatable bonds is 4. The van der Waals surface area contributed by atoms with Crippen molar-refractivity contribution in [2.45, 2.75) is 45.3 Å². The van der Waals surface area contributed by atoms with Gasteiger partial charge in [-0.1, -0.05) is 30.3 Å². The number of Topliss-reactive ketones (excluding diaryl/α,β-unsaturated/α-hetero) is 1. The number of ketones is 1. The van der Waals surface area contributed by atoms with Crippen molar-refractivity contribution in [3.8, 4) is 0 Å². The maximum absolute atomic E-state index is 12.2. The molecule has 20 heavy (non-hydrogen) atoms. The van der Waals surface area contributed by atoms with Crippen LogP contribution in [0.15, 0.2) is 30.3 Å². The Morgan fingerprint density at radius 2 is 1.65 bits per heavy atom. The van der Waals surface area contributed by atoms with Gasteiger partial charge in [0.05, 0.1) is 11.2 Å². The molecule has 0 aliphatic carbocycles. The summed E-state index contributed by atoms with van der Waals surface area (Å²) < 4.78 is 6.06. The number of hydrogen-bond acceptors (Lipinski definition) is 3. The van der Waals surface area contributed by atoms with E-state index in [-0.39, 0.29) is 17.0 Å². The van der Waals surface area contributed by atoms with Gasteiger partial charge in [0.15, 0.2) is 5.78 Å². The van der Waals surface area contributed by atoms with Crippen LogP contribution in [0.2, 0.25) is 0 Å². The number of ether oxygens (including phenoxy) is 1. The van der Waals surface area contributed by atoms with Gasteiger partial charge in [0.1, 0.15) is 0 Å². The van der Waals surface area contributed by atoms with Crippen LogP contribution < -0.4 is 0 Å². The average Bonchev–Trinajstić information content (AvgIpc) is 2.33. The molecule has 0 N–H and O–H groups in total. The highest BCUT2D eigenvalue weighted by molar-refractivity contribution is 5.96. The molecule has 0 unspecified atom stereocenters. The number of carbonyl (C=O) groups excluding carboxylic acids is 1. The normalized spacial score (nSPS) is 21.6. The van der Waals surface area contributed by atoms with Gasteiger partial charge in [0, 0.05) is 31.6 Å². The zero-order valence-corrected chi connectivity index (χ0v) is 13.0. The Bertz CT molecular complexity index is 449. The van der Waals surface area contributed by atoms with Gasteiger partial charge in [-0.05, 0) is 27.7 Å². The van der Waals surface area contributed by atoms with Gasteiger partial charge in [0.25, 0.3) is 0 Å². The second-order valence-electron chi connectivity index (χ2n) is 6.87. The molecule has 1 aromatic carbocycles. The molecule has 0 spiro atoms. The minimum absolute atomic E-state index is 0.155. The van der Waals surface area contributed by atoms with Crippen LogP contribution in [0, 0.1) is 0 Å². The number of benzene rings is 1. The minimum atomic E-state index is -0.155. The summed E-state index contributed by atoms with van der Waals surface area (Å²) in [4.78, 5) is 14.5. The van der Waals surface area contributed by atoms with Crippen molar-refractivity contribution in [2.24, 2.45) is 0 Å². The molecular formula is C17H25NO2. The van der Waals surface area contributed by atoms with E-state index in [1.807, 2.05) is 30.3 Å². The molecule has 1 saturated heterocycles. The summed E-state index contributed by atoms with van der Waals surface area (Å²) in [5.41, 5.74) is 0.494. The van der Waals surface area contributed by atoms with Crippen molar-refractivity contribution in [1.82, 2.24) is 4.90 Å². The second kappa shape index (κ2) is 5.66. The Kier molecular flexibility index (Phi) is 4.31. The summed E-state index contributed by atoms with van der Waals surface area (Å²) in [6.45, 7) is 11.0. The van der Waals surface area contributed by atoms with Crippen molar-refractivity contribution in [1.29, 1.82) is 0 Å². The van der Waals surface area contributed by atoms with E-state index in [0.29, 0.717) is 6.42 Å². The maximum atomic E-state index is 12.2. The first-order valence-electron chi connectivity index (χ1n) is 7.28.